The van der Waals surface area contributed by atoms with E-state index in [4.69, 9.17) is 11.6 Å². The van der Waals surface area contributed by atoms with Gasteiger partial charge in [-0.05, 0) is 28.1 Å². The number of halogens is 3. The summed E-state index contributed by atoms with van der Waals surface area (Å²) >= 11 is 10.4. The summed E-state index contributed by atoms with van der Waals surface area (Å²) in [7, 11) is 0. The number of rotatable bonds is 2. The van der Waals surface area contributed by atoms with Gasteiger partial charge in [-0.3, -0.25) is 9.59 Å². The predicted octanol–water partition coefficient (Wildman–Crippen LogP) is 3.63. The molecule has 0 aromatic heterocycles. The molecule has 102 valence electrons. The zero-order valence-corrected chi connectivity index (χ0v) is 13.1. The molecule has 0 bridgehead atoms. The Labute approximate surface area is 127 Å². The third-order valence-electron chi connectivity index (χ3n) is 2.67. The Bertz CT molecular complexity index is 532. The van der Waals surface area contributed by atoms with Crippen molar-refractivity contribution in [2.75, 3.05) is 11.4 Å². The van der Waals surface area contributed by atoms with Crippen molar-refractivity contribution in [1.82, 2.24) is 0 Å². The Morgan fingerprint density at radius 3 is 2.84 bits per heavy atom. The van der Waals surface area contributed by atoms with Crippen LogP contribution in [0.1, 0.15) is 13.3 Å². The topological polar surface area (TPSA) is 37.4 Å². The number of amides is 1. The second-order valence-electron chi connectivity index (χ2n) is 4.16. The van der Waals surface area contributed by atoms with Gasteiger partial charge in [-0.15, -0.1) is 0 Å². The minimum absolute atomic E-state index is 0.0241. The Hall–Kier alpha value is -0.590. The van der Waals surface area contributed by atoms with Crippen LogP contribution in [0.25, 0.3) is 0 Å². The highest BCUT2D eigenvalue weighted by molar-refractivity contribution is 9.10. The van der Waals surface area contributed by atoms with Gasteiger partial charge in [-0.25, -0.2) is 4.39 Å². The van der Waals surface area contributed by atoms with Gasteiger partial charge in [0.15, 0.2) is 5.12 Å². The molecule has 1 unspecified atom stereocenters. The third-order valence-corrected chi connectivity index (χ3v) is 4.55. The van der Waals surface area contributed by atoms with E-state index in [9.17, 15) is 14.0 Å². The van der Waals surface area contributed by atoms with Gasteiger partial charge >= 0.3 is 0 Å². The van der Waals surface area contributed by atoms with Crippen molar-refractivity contribution in [3.8, 4) is 0 Å². The lowest BCUT2D eigenvalue weighted by atomic mass is 10.3. The summed E-state index contributed by atoms with van der Waals surface area (Å²) in [6, 6.07) is 2.43. The van der Waals surface area contributed by atoms with Gasteiger partial charge in [0.2, 0.25) is 5.91 Å². The Morgan fingerprint density at radius 2 is 2.26 bits per heavy atom. The SMILES string of the molecule is CC(=O)SC1CC(=O)N(c2c(Cl)cc(F)cc2Br)C1. The molecule has 1 amide bonds. The van der Waals surface area contributed by atoms with Crippen LogP contribution in [0.2, 0.25) is 5.02 Å². The Kier molecular flexibility index (Phi) is 4.53. The maximum atomic E-state index is 13.2. The monoisotopic (exact) mass is 365 g/mol. The van der Waals surface area contributed by atoms with Crippen molar-refractivity contribution < 1.29 is 14.0 Å². The van der Waals surface area contributed by atoms with Crippen molar-refractivity contribution in [3.05, 3.63) is 27.4 Å². The maximum absolute atomic E-state index is 13.2. The lowest BCUT2D eigenvalue weighted by Crippen LogP contribution is -2.25. The van der Waals surface area contributed by atoms with E-state index in [1.807, 2.05) is 0 Å². The van der Waals surface area contributed by atoms with Crippen LogP contribution in [-0.2, 0) is 9.59 Å². The Morgan fingerprint density at radius 1 is 1.58 bits per heavy atom. The van der Waals surface area contributed by atoms with Crippen molar-refractivity contribution in [2.45, 2.75) is 18.6 Å². The van der Waals surface area contributed by atoms with Crippen LogP contribution < -0.4 is 4.90 Å². The van der Waals surface area contributed by atoms with Crippen LogP contribution in [0.5, 0.6) is 0 Å². The third kappa shape index (κ3) is 3.30. The minimum Gasteiger partial charge on any atom is -0.309 e. The first kappa shape index (κ1) is 14.8. The molecule has 0 aliphatic carbocycles. The number of thioether (sulfide) groups is 1. The van der Waals surface area contributed by atoms with E-state index in [-0.39, 0.29) is 27.7 Å². The minimum atomic E-state index is -0.470. The van der Waals surface area contributed by atoms with Crippen LogP contribution >= 0.6 is 39.3 Å². The summed E-state index contributed by atoms with van der Waals surface area (Å²) in [6.07, 6.45) is 0.282. The van der Waals surface area contributed by atoms with Gasteiger partial charge in [0.05, 0.1) is 10.7 Å². The lowest BCUT2D eigenvalue weighted by Gasteiger charge is -2.19. The molecule has 3 nitrogen and oxygen atoms in total. The van der Waals surface area contributed by atoms with Crippen LogP contribution in [0.3, 0.4) is 0 Å². The molecule has 1 aliphatic rings. The fraction of sp³-hybridized carbons (Fsp3) is 0.333. The van der Waals surface area contributed by atoms with E-state index in [0.717, 1.165) is 11.8 Å². The molecule has 1 atom stereocenters. The first-order valence-electron chi connectivity index (χ1n) is 5.50. The summed E-state index contributed by atoms with van der Waals surface area (Å²) in [5, 5.41) is 0.0654. The summed E-state index contributed by atoms with van der Waals surface area (Å²) in [4.78, 5) is 24.6. The maximum Gasteiger partial charge on any atom is 0.228 e. The number of carbonyl (C=O) groups is 2. The van der Waals surface area contributed by atoms with Gasteiger partial charge in [0.1, 0.15) is 5.82 Å². The summed E-state index contributed by atoms with van der Waals surface area (Å²) in [5.41, 5.74) is 0.458. The number of hydrogen-bond donors (Lipinski definition) is 0. The van der Waals surface area contributed by atoms with E-state index in [1.54, 1.807) is 0 Å². The standard InChI is InChI=1S/C12H10BrClFNO2S/c1-6(17)19-8-4-11(18)16(5-8)12-9(13)2-7(15)3-10(12)14/h2-3,8H,4-5H2,1H3. The molecule has 7 heteroatoms. The van der Waals surface area contributed by atoms with Crippen LogP contribution in [0.15, 0.2) is 16.6 Å². The second kappa shape index (κ2) is 5.81. The first-order valence-corrected chi connectivity index (χ1v) is 7.55. The van der Waals surface area contributed by atoms with E-state index in [1.165, 1.54) is 24.0 Å². The lowest BCUT2D eigenvalue weighted by molar-refractivity contribution is -0.117. The molecule has 0 spiro atoms. The van der Waals surface area contributed by atoms with Gasteiger partial charge in [-0.2, -0.15) is 0 Å². The normalized spacial score (nSPS) is 19.1. The average molecular weight is 367 g/mol. The van der Waals surface area contributed by atoms with Gasteiger partial charge < -0.3 is 4.90 Å². The van der Waals surface area contributed by atoms with Gasteiger partial charge in [0, 0.05) is 29.6 Å². The number of carbonyl (C=O) groups excluding carboxylic acids is 2. The molecule has 1 heterocycles. The van der Waals surface area contributed by atoms with E-state index >= 15 is 0 Å². The van der Waals surface area contributed by atoms with Crippen molar-refractivity contribution in [3.63, 3.8) is 0 Å². The molecule has 0 N–H and O–H groups in total. The molecule has 1 saturated heterocycles. The molecule has 0 radical (unpaired) electrons. The quantitative estimate of drug-likeness (QED) is 0.802. The van der Waals surface area contributed by atoms with Crippen molar-refractivity contribution >= 4 is 56.0 Å². The zero-order valence-electron chi connectivity index (χ0n) is 9.95. The molecule has 0 saturated carbocycles. The largest absolute Gasteiger partial charge is 0.309 e. The van der Waals surface area contributed by atoms with E-state index in [0.29, 0.717) is 16.7 Å². The van der Waals surface area contributed by atoms with E-state index < -0.39 is 5.82 Å². The molecule has 1 aliphatic heterocycles. The highest BCUT2D eigenvalue weighted by atomic mass is 79.9. The number of nitrogens with zero attached hydrogens (tertiary/aromatic N) is 1. The molecule has 1 aromatic carbocycles. The van der Waals surface area contributed by atoms with Gasteiger partial charge in [0.25, 0.3) is 0 Å². The summed E-state index contributed by atoms with van der Waals surface area (Å²) < 4.78 is 13.6. The van der Waals surface area contributed by atoms with Gasteiger partial charge in [-0.1, -0.05) is 23.4 Å². The highest BCUT2D eigenvalue weighted by Gasteiger charge is 2.34. The Balaban J connectivity index is 2.28. The fourth-order valence-corrected chi connectivity index (χ4v) is 3.98. The molecular formula is C12H10BrClFNO2S. The number of anilines is 1. The average Bonchev–Trinajstić information content (AvgIpc) is 2.57. The second-order valence-corrected chi connectivity index (χ2v) is 6.90. The molecule has 1 aromatic rings. The molecular weight excluding hydrogens is 357 g/mol. The van der Waals surface area contributed by atoms with Crippen LogP contribution in [0, 0.1) is 5.82 Å². The molecule has 19 heavy (non-hydrogen) atoms. The summed E-state index contributed by atoms with van der Waals surface area (Å²) in [6.45, 7) is 1.87. The van der Waals surface area contributed by atoms with Crippen molar-refractivity contribution in [2.24, 2.45) is 0 Å². The van der Waals surface area contributed by atoms with Crippen LogP contribution in [0.4, 0.5) is 10.1 Å². The smallest absolute Gasteiger partial charge is 0.228 e. The number of benzene rings is 1. The molecule has 2 rings (SSSR count). The molecule has 1 fully saturated rings. The number of hydrogen-bond acceptors (Lipinski definition) is 3. The zero-order chi connectivity index (χ0) is 14.2. The van der Waals surface area contributed by atoms with Crippen LogP contribution in [-0.4, -0.2) is 22.8 Å². The predicted molar refractivity (Wildman–Crippen MR) is 78.1 cm³/mol. The highest BCUT2D eigenvalue weighted by Crippen LogP contribution is 2.38. The first-order chi connectivity index (χ1) is 8.88. The van der Waals surface area contributed by atoms with E-state index in [2.05, 4.69) is 15.9 Å². The van der Waals surface area contributed by atoms with Crippen molar-refractivity contribution in [1.29, 1.82) is 0 Å². The summed E-state index contributed by atoms with van der Waals surface area (Å²) in [5.74, 6) is -0.588. The fourth-order valence-electron chi connectivity index (χ4n) is 2.00.